The van der Waals surface area contributed by atoms with Crippen molar-refractivity contribution in [3.8, 4) is 0 Å². The quantitative estimate of drug-likeness (QED) is 0.878. The third-order valence-corrected chi connectivity index (χ3v) is 4.00. The average Bonchev–Trinajstić information content (AvgIpc) is 2.88. The van der Waals surface area contributed by atoms with E-state index in [9.17, 15) is 9.90 Å². The van der Waals surface area contributed by atoms with Crippen LogP contribution in [0.5, 0.6) is 0 Å². The number of nitrogens with zero attached hydrogens (tertiary/aromatic N) is 1. The van der Waals surface area contributed by atoms with Gasteiger partial charge in [-0.3, -0.25) is 9.69 Å². The van der Waals surface area contributed by atoms with Crippen LogP contribution in [0.1, 0.15) is 37.8 Å². The Balaban J connectivity index is 2.18. The molecule has 0 aliphatic carbocycles. The smallest absolute Gasteiger partial charge is 0.320 e. The first-order chi connectivity index (χ1) is 7.74. The fourth-order valence-corrected chi connectivity index (χ4v) is 3.26. The molecule has 2 atom stereocenters. The summed E-state index contributed by atoms with van der Waals surface area (Å²) >= 11 is 1.68. The summed E-state index contributed by atoms with van der Waals surface area (Å²) in [5.74, 6) is -0.675. The SMILES string of the molecule is CCC(c1ccsc1)N1CCCC1C(=O)O. The number of hydrogen-bond acceptors (Lipinski definition) is 3. The predicted molar refractivity (Wildman–Crippen MR) is 64.7 cm³/mol. The van der Waals surface area contributed by atoms with Crippen molar-refractivity contribution in [3.63, 3.8) is 0 Å². The average molecular weight is 239 g/mol. The van der Waals surface area contributed by atoms with Crippen molar-refractivity contribution in [3.05, 3.63) is 22.4 Å². The van der Waals surface area contributed by atoms with Crippen molar-refractivity contribution in [1.82, 2.24) is 4.90 Å². The molecule has 2 heterocycles. The Morgan fingerprint density at radius 3 is 3.12 bits per heavy atom. The van der Waals surface area contributed by atoms with E-state index in [-0.39, 0.29) is 12.1 Å². The molecular weight excluding hydrogens is 222 g/mol. The Kier molecular flexibility index (Phi) is 3.61. The molecule has 0 amide bonds. The van der Waals surface area contributed by atoms with Gasteiger partial charge in [-0.15, -0.1) is 0 Å². The minimum atomic E-state index is -0.675. The van der Waals surface area contributed by atoms with E-state index >= 15 is 0 Å². The molecule has 2 rings (SSSR count). The van der Waals surface area contributed by atoms with Crippen molar-refractivity contribution in [2.45, 2.75) is 38.3 Å². The highest BCUT2D eigenvalue weighted by Gasteiger charge is 2.35. The van der Waals surface area contributed by atoms with Crippen LogP contribution in [0.2, 0.25) is 0 Å². The lowest BCUT2D eigenvalue weighted by Gasteiger charge is -2.29. The van der Waals surface area contributed by atoms with Crippen LogP contribution in [-0.4, -0.2) is 28.6 Å². The summed E-state index contributed by atoms with van der Waals surface area (Å²) in [6, 6.07) is 2.09. The number of carbonyl (C=O) groups is 1. The molecule has 0 bridgehead atoms. The summed E-state index contributed by atoms with van der Waals surface area (Å²) in [7, 11) is 0. The van der Waals surface area contributed by atoms with Crippen LogP contribution < -0.4 is 0 Å². The van der Waals surface area contributed by atoms with E-state index in [1.165, 1.54) is 5.56 Å². The highest BCUT2D eigenvalue weighted by Crippen LogP contribution is 2.32. The maximum atomic E-state index is 11.2. The van der Waals surface area contributed by atoms with Crippen LogP contribution in [-0.2, 0) is 4.79 Å². The van der Waals surface area contributed by atoms with Crippen LogP contribution >= 0.6 is 11.3 Å². The monoisotopic (exact) mass is 239 g/mol. The van der Waals surface area contributed by atoms with Gasteiger partial charge in [0.1, 0.15) is 6.04 Å². The number of aliphatic carboxylic acids is 1. The molecule has 1 aromatic rings. The molecule has 3 nitrogen and oxygen atoms in total. The summed E-state index contributed by atoms with van der Waals surface area (Å²) in [6.07, 6.45) is 2.76. The first-order valence-corrected chi connectivity index (χ1v) is 6.69. The van der Waals surface area contributed by atoms with E-state index < -0.39 is 5.97 Å². The third kappa shape index (κ3) is 2.13. The Morgan fingerprint density at radius 1 is 1.75 bits per heavy atom. The number of carboxylic acids is 1. The Labute approximate surface area is 99.7 Å². The minimum Gasteiger partial charge on any atom is -0.480 e. The van der Waals surface area contributed by atoms with Crippen LogP contribution in [0.4, 0.5) is 0 Å². The Hall–Kier alpha value is -0.870. The van der Waals surface area contributed by atoms with E-state index in [1.54, 1.807) is 11.3 Å². The van der Waals surface area contributed by atoms with Gasteiger partial charge in [0, 0.05) is 6.04 Å². The van der Waals surface area contributed by atoms with Gasteiger partial charge in [0.05, 0.1) is 0 Å². The number of rotatable bonds is 4. The second-order valence-corrected chi connectivity index (χ2v) is 4.99. The zero-order valence-corrected chi connectivity index (χ0v) is 10.2. The van der Waals surface area contributed by atoms with E-state index in [4.69, 9.17) is 0 Å². The number of carboxylic acid groups (broad SMARTS) is 1. The van der Waals surface area contributed by atoms with E-state index in [0.29, 0.717) is 0 Å². The molecule has 0 aromatic carbocycles. The van der Waals surface area contributed by atoms with Crippen LogP contribution in [0.15, 0.2) is 16.8 Å². The zero-order valence-electron chi connectivity index (χ0n) is 9.43. The van der Waals surface area contributed by atoms with E-state index in [2.05, 4.69) is 28.7 Å². The van der Waals surface area contributed by atoms with Crippen molar-refractivity contribution in [2.24, 2.45) is 0 Å². The third-order valence-electron chi connectivity index (χ3n) is 3.29. The van der Waals surface area contributed by atoms with Crippen LogP contribution in [0, 0.1) is 0 Å². The number of likely N-dealkylation sites (tertiary alicyclic amines) is 1. The molecule has 1 aliphatic heterocycles. The molecule has 1 aliphatic rings. The summed E-state index contributed by atoms with van der Waals surface area (Å²) in [5, 5.41) is 13.4. The minimum absolute atomic E-state index is 0.273. The molecule has 2 unspecified atom stereocenters. The van der Waals surface area contributed by atoms with Crippen LogP contribution in [0.3, 0.4) is 0 Å². The topological polar surface area (TPSA) is 40.5 Å². The fourth-order valence-electron chi connectivity index (χ4n) is 2.55. The second kappa shape index (κ2) is 4.97. The highest BCUT2D eigenvalue weighted by atomic mass is 32.1. The standard InChI is InChI=1S/C12H17NO2S/c1-2-10(9-5-7-16-8-9)13-6-3-4-11(13)12(14)15/h5,7-8,10-11H,2-4,6H2,1H3,(H,14,15). The van der Waals surface area contributed by atoms with Gasteiger partial charge in [-0.2, -0.15) is 11.3 Å². The van der Waals surface area contributed by atoms with Gasteiger partial charge in [-0.25, -0.2) is 0 Å². The lowest BCUT2D eigenvalue weighted by molar-refractivity contribution is -0.143. The van der Waals surface area contributed by atoms with Crippen molar-refractivity contribution in [1.29, 1.82) is 0 Å². The predicted octanol–water partition coefficient (Wildman–Crippen LogP) is 2.75. The van der Waals surface area contributed by atoms with Gasteiger partial charge in [0.25, 0.3) is 0 Å². The number of hydrogen-bond donors (Lipinski definition) is 1. The molecule has 1 fully saturated rings. The van der Waals surface area contributed by atoms with Crippen molar-refractivity contribution in [2.75, 3.05) is 6.54 Å². The molecule has 1 saturated heterocycles. The van der Waals surface area contributed by atoms with Gasteiger partial charge in [0.2, 0.25) is 0 Å². The molecule has 0 spiro atoms. The van der Waals surface area contributed by atoms with Gasteiger partial charge in [0.15, 0.2) is 0 Å². The Morgan fingerprint density at radius 2 is 2.56 bits per heavy atom. The van der Waals surface area contributed by atoms with Gasteiger partial charge >= 0.3 is 5.97 Å². The van der Waals surface area contributed by atoms with Gasteiger partial charge < -0.3 is 5.11 Å². The first kappa shape index (κ1) is 11.6. The lowest BCUT2D eigenvalue weighted by atomic mass is 10.1. The first-order valence-electron chi connectivity index (χ1n) is 5.74. The molecule has 4 heteroatoms. The zero-order chi connectivity index (χ0) is 11.5. The second-order valence-electron chi connectivity index (χ2n) is 4.21. The van der Waals surface area contributed by atoms with E-state index in [1.807, 2.05) is 0 Å². The van der Waals surface area contributed by atoms with Gasteiger partial charge in [-0.05, 0) is 48.2 Å². The number of thiophene rings is 1. The largest absolute Gasteiger partial charge is 0.480 e. The lowest BCUT2D eigenvalue weighted by Crippen LogP contribution is -2.38. The van der Waals surface area contributed by atoms with E-state index in [0.717, 1.165) is 25.8 Å². The van der Waals surface area contributed by atoms with Crippen molar-refractivity contribution >= 4 is 17.3 Å². The Bertz CT molecular complexity index is 350. The fraction of sp³-hybridized carbons (Fsp3) is 0.583. The molecule has 0 saturated carbocycles. The van der Waals surface area contributed by atoms with Crippen molar-refractivity contribution < 1.29 is 9.90 Å². The summed E-state index contributed by atoms with van der Waals surface area (Å²) in [5.41, 5.74) is 1.26. The molecule has 88 valence electrons. The van der Waals surface area contributed by atoms with Crippen LogP contribution in [0.25, 0.3) is 0 Å². The maximum absolute atomic E-state index is 11.2. The highest BCUT2D eigenvalue weighted by molar-refractivity contribution is 7.07. The maximum Gasteiger partial charge on any atom is 0.320 e. The normalized spacial score (nSPS) is 23.4. The molecule has 1 aromatic heterocycles. The molecule has 1 N–H and O–H groups in total. The summed E-state index contributed by atoms with van der Waals surface area (Å²) < 4.78 is 0. The molecule has 16 heavy (non-hydrogen) atoms. The van der Waals surface area contributed by atoms with Gasteiger partial charge in [-0.1, -0.05) is 6.92 Å². The summed E-state index contributed by atoms with van der Waals surface area (Å²) in [4.78, 5) is 13.3. The summed E-state index contributed by atoms with van der Waals surface area (Å²) in [6.45, 7) is 3.03. The molecular formula is C12H17NO2S. The molecule has 0 radical (unpaired) electrons.